The molecule has 0 aliphatic heterocycles. The van der Waals surface area contributed by atoms with E-state index in [2.05, 4.69) is 34.3 Å². The summed E-state index contributed by atoms with van der Waals surface area (Å²) in [6.07, 6.45) is 3.66. The van der Waals surface area contributed by atoms with Crippen LogP contribution in [0.1, 0.15) is 24.0 Å². The van der Waals surface area contributed by atoms with Gasteiger partial charge in [-0.2, -0.15) is 5.10 Å². The number of benzene rings is 1. The summed E-state index contributed by atoms with van der Waals surface area (Å²) in [5.41, 5.74) is 8.75. The molecule has 0 saturated heterocycles. The largest absolute Gasteiger partial charge is 0.384 e. The van der Waals surface area contributed by atoms with E-state index in [9.17, 15) is 4.79 Å². The molecule has 0 fully saturated rings. The number of anilines is 1. The third kappa shape index (κ3) is 3.76. The first-order chi connectivity index (χ1) is 17.3. The second kappa shape index (κ2) is 9.23. The van der Waals surface area contributed by atoms with E-state index >= 15 is 0 Å². The summed E-state index contributed by atoms with van der Waals surface area (Å²) >= 11 is 0. The summed E-state index contributed by atoms with van der Waals surface area (Å²) in [4.78, 5) is 22.8. The van der Waals surface area contributed by atoms with E-state index in [1.54, 1.807) is 29.5 Å². The third-order valence-corrected chi connectivity index (χ3v) is 6.74. The first-order valence-electron chi connectivity index (χ1n) is 12.1. The molecule has 1 N–H and O–H groups in total. The lowest BCUT2D eigenvalue weighted by atomic mass is 10.0. The van der Waals surface area contributed by atoms with Crippen molar-refractivity contribution >= 4 is 27.6 Å². The summed E-state index contributed by atoms with van der Waals surface area (Å²) in [5, 5.41) is 8.98. The molecule has 0 unspecified atom stereocenters. The predicted octanol–water partition coefficient (Wildman–Crippen LogP) is 4.14. The molecular weight excluding hydrogens is 454 g/mol. The molecule has 4 aromatic heterocycles. The maximum absolute atomic E-state index is 13.6. The molecule has 0 saturated carbocycles. The van der Waals surface area contributed by atoms with Crippen LogP contribution in [0.4, 0.5) is 5.69 Å². The standard InChI is InChI=1S/C27H31N7O2/c1-7-28-23-13-20(14-29-16(23)2)19-8-9-22-21(12-19)26-24(15-30-22)32(5)27(35)34(26)25-17(3)31-33(18(25)4)10-11-36-6/h8-9,12-15,28H,7,10-11H2,1-6H3. The van der Waals surface area contributed by atoms with Crippen molar-refractivity contribution < 1.29 is 4.74 Å². The number of aromatic nitrogens is 6. The van der Waals surface area contributed by atoms with Gasteiger partial charge in [0.1, 0.15) is 0 Å². The van der Waals surface area contributed by atoms with Gasteiger partial charge >= 0.3 is 5.69 Å². The highest BCUT2D eigenvalue weighted by molar-refractivity contribution is 6.04. The number of pyridine rings is 2. The first kappa shape index (κ1) is 23.7. The Morgan fingerprint density at radius 2 is 1.83 bits per heavy atom. The van der Waals surface area contributed by atoms with Crippen molar-refractivity contribution in [2.75, 3.05) is 25.6 Å². The predicted molar refractivity (Wildman–Crippen MR) is 143 cm³/mol. The molecule has 0 aliphatic rings. The van der Waals surface area contributed by atoms with E-state index in [1.165, 1.54) is 0 Å². The Kier molecular flexibility index (Phi) is 6.09. The van der Waals surface area contributed by atoms with Crippen LogP contribution in [0, 0.1) is 20.8 Å². The van der Waals surface area contributed by atoms with Crippen LogP contribution in [0.5, 0.6) is 0 Å². The molecule has 1 aromatic carbocycles. The average Bonchev–Trinajstić information content (AvgIpc) is 3.29. The number of ether oxygens (including phenoxy) is 1. The lowest BCUT2D eigenvalue weighted by Gasteiger charge is -2.11. The fourth-order valence-electron chi connectivity index (χ4n) is 4.85. The number of aryl methyl sites for hydroxylation is 3. The summed E-state index contributed by atoms with van der Waals surface area (Å²) in [7, 11) is 3.45. The molecule has 0 atom stereocenters. The van der Waals surface area contributed by atoms with Crippen LogP contribution in [0.25, 0.3) is 38.8 Å². The highest BCUT2D eigenvalue weighted by Crippen LogP contribution is 2.32. The first-order valence-corrected chi connectivity index (χ1v) is 12.1. The second-order valence-electron chi connectivity index (χ2n) is 9.02. The minimum absolute atomic E-state index is 0.131. The molecule has 9 nitrogen and oxygen atoms in total. The van der Waals surface area contributed by atoms with Crippen LogP contribution >= 0.6 is 0 Å². The van der Waals surface area contributed by atoms with Crippen LogP contribution < -0.4 is 11.0 Å². The number of fused-ring (bicyclic) bond motifs is 3. The fraction of sp³-hybridized carbons (Fsp3) is 0.333. The van der Waals surface area contributed by atoms with Gasteiger partial charge in [-0.15, -0.1) is 0 Å². The van der Waals surface area contributed by atoms with Gasteiger partial charge in [0.15, 0.2) is 0 Å². The number of methoxy groups -OCH3 is 1. The van der Waals surface area contributed by atoms with Gasteiger partial charge in [-0.25, -0.2) is 4.79 Å². The van der Waals surface area contributed by atoms with E-state index in [-0.39, 0.29) is 5.69 Å². The molecule has 0 bridgehead atoms. The topological polar surface area (TPSA) is 91.8 Å². The highest BCUT2D eigenvalue weighted by atomic mass is 16.5. The highest BCUT2D eigenvalue weighted by Gasteiger charge is 2.22. The van der Waals surface area contributed by atoms with Crippen LogP contribution in [-0.2, 0) is 18.3 Å². The van der Waals surface area contributed by atoms with Gasteiger partial charge in [-0.3, -0.25) is 23.8 Å². The van der Waals surface area contributed by atoms with E-state index in [1.807, 2.05) is 43.8 Å². The monoisotopic (exact) mass is 485 g/mol. The maximum Gasteiger partial charge on any atom is 0.333 e. The molecule has 0 amide bonds. The molecule has 186 valence electrons. The van der Waals surface area contributed by atoms with Gasteiger partial charge in [0, 0.05) is 37.8 Å². The Hall–Kier alpha value is -3.98. The van der Waals surface area contributed by atoms with Gasteiger partial charge < -0.3 is 10.1 Å². The van der Waals surface area contributed by atoms with Gasteiger partial charge in [-0.05, 0) is 51.5 Å². The summed E-state index contributed by atoms with van der Waals surface area (Å²) in [5.74, 6) is 0. The van der Waals surface area contributed by atoms with Crippen molar-refractivity contribution in [2.45, 2.75) is 34.2 Å². The lowest BCUT2D eigenvalue weighted by Crippen LogP contribution is -2.22. The number of hydrogen-bond acceptors (Lipinski definition) is 6. The zero-order valence-corrected chi connectivity index (χ0v) is 21.6. The Balaban J connectivity index is 1.78. The Morgan fingerprint density at radius 1 is 1.03 bits per heavy atom. The number of hydrogen-bond donors (Lipinski definition) is 1. The molecule has 4 heterocycles. The van der Waals surface area contributed by atoms with E-state index in [0.29, 0.717) is 13.2 Å². The lowest BCUT2D eigenvalue weighted by molar-refractivity contribution is 0.182. The zero-order chi connectivity index (χ0) is 25.6. The van der Waals surface area contributed by atoms with E-state index in [4.69, 9.17) is 9.84 Å². The van der Waals surface area contributed by atoms with E-state index in [0.717, 1.165) is 68.1 Å². The van der Waals surface area contributed by atoms with Crippen molar-refractivity contribution in [3.05, 3.63) is 64.2 Å². The normalized spacial score (nSPS) is 11.6. The molecule has 9 heteroatoms. The molecule has 0 radical (unpaired) electrons. The van der Waals surface area contributed by atoms with Gasteiger partial charge in [0.2, 0.25) is 0 Å². The van der Waals surface area contributed by atoms with Crippen molar-refractivity contribution in [3.63, 3.8) is 0 Å². The van der Waals surface area contributed by atoms with E-state index < -0.39 is 0 Å². The number of rotatable bonds is 7. The molecule has 0 spiro atoms. The molecular formula is C27H31N7O2. The van der Waals surface area contributed by atoms with Crippen molar-refractivity contribution in [2.24, 2.45) is 7.05 Å². The number of nitrogens with zero attached hydrogens (tertiary/aromatic N) is 6. The number of imidazole rings is 1. The molecule has 5 aromatic rings. The van der Waals surface area contributed by atoms with Crippen LogP contribution in [0.3, 0.4) is 0 Å². The smallest absolute Gasteiger partial charge is 0.333 e. The summed E-state index contributed by atoms with van der Waals surface area (Å²) in [6.45, 7) is 9.97. The van der Waals surface area contributed by atoms with Crippen LogP contribution in [0.15, 0.2) is 41.5 Å². The Labute approximate surface area is 209 Å². The number of nitrogens with one attached hydrogen (secondary N) is 1. The van der Waals surface area contributed by atoms with Crippen LogP contribution in [0.2, 0.25) is 0 Å². The van der Waals surface area contributed by atoms with Crippen molar-refractivity contribution in [1.82, 2.24) is 28.9 Å². The third-order valence-electron chi connectivity index (χ3n) is 6.74. The SMILES string of the molecule is CCNc1cc(-c2ccc3ncc4c(c3c2)n(-c2c(C)nn(CCOC)c2C)c(=O)n4C)cnc1C. The molecule has 0 aliphatic carbocycles. The fourth-order valence-corrected chi connectivity index (χ4v) is 4.85. The minimum Gasteiger partial charge on any atom is -0.384 e. The molecule has 36 heavy (non-hydrogen) atoms. The Bertz CT molecular complexity index is 1660. The van der Waals surface area contributed by atoms with Gasteiger partial charge in [-0.1, -0.05) is 6.07 Å². The summed E-state index contributed by atoms with van der Waals surface area (Å²) in [6, 6.07) is 8.27. The average molecular weight is 486 g/mol. The second-order valence-corrected chi connectivity index (χ2v) is 9.02. The van der Waals surface area contributed by atoms with Crippen molar-refractivity contribution in [1.29, 1.82) is 0 Å². The van der Waals surface area contributed by atoms with Crippen LogP contribution in [-0.4, -0.2) is 49.1 Å². The van der Waals surface area contributed by atoms with Gasteiger partial charge in [0.05, 0.1) is 64.4 Å². The quantitative estimate of drug-likeness (QED) is 0.373. The molecule has 5 rings (SSSR count). The van der Waals surface area contributed by atoms with Crippen molar-refractivity contribution in [3.8, 4) is 16.8 Å². The van der Waals surface area contributed by atoms with Gasteiger partial charge in [0.25, 0.3) is 0 Å². The minimum atomic E-state index is -0.131. The maximum atomic E-state index is 13.6. The Morgan fingerprint density at radius 3 is 2.58 bits per heavy atom. The zero-order valence-electron chi connectivity index (χ0n) is 21.6. The summed E-state index contributed by atoms with van der Waals surface area (Å²) < 4.78 is 10.6.